The van der Waals surface area contributed by atoms with Crippen molar-refractivity contribution in [1.82, 2.24) is 0 Å². The molecule has 0 amide bonds. The Balaban J connectivity index is 2.40. The Morgan fingerprint density at radius 1 is 1.36 bits per heavy atom. The third-order valence-corrected chi connectivity index (χ3v) is 3.16. The van der Waals surface area contributed by atoms with Gasteiger partial charge in [-0.1, -0.05) is 33.1 Å². The summed E-state index contributed by atoms with van der Waals surface area (Å²) in [5, 5.41) is 9.67. The van der Waals surface area contributed by atoms with Gasteiger partial charge in [-0.25, -0.2) is 0 Å². The van der Waals surface area contributed by atoms with Crippen LogP contribution in [0.1, 0.15) is 46.0 Å². The van der Waals surface area contributed by atoms with Crippen molar-refractivity contribution >= 4 is 0 Å². The molecule has 1 aliphatic carbocycles. The second-order valence-corrected chi connectivity index (χ2v) is 3.90. The molecule has 0 radical (unpaired) electrons. The second kappa shape index (κ2) is 4.10. The summed E-state index contributed by atoms with van der Waals surface area (Å²) in [5.74, 6) is 1.30. The van der Waals surface area contributed by atoms with Crippen molar-refractivity contribution in [3.8, 4) is 0 Å². The van der Waals surface area contributed by atoms with Crippen LogP contribution in [0.5, 0.6) is 0 Å². The Hall–Kier alpha value is -0.0400. The highest BCUT2D eigenvalue weighted by Crippen LogP contribution is 2.31. The van der Waals surface area contributed by atoms with E-state index in [2.05, 4.69) is 13.8 Å². The van der Waals surface area contributed by atoms with Gasteiger partial charge < -0.3 is 5.11 Å². The van der Waals surface area contributed by atoms with Gasteiger partial charge >= 0.3 is 0 Å². The first kappa shape index (κ1) is 9.05. The van der Waals surface area contributed by atoms with Gasteiger partial charge in [0.15, 0.2) is 0 Å². The van der Waals surface area contributed by atoms with Crippen molar-refractivity contribution in [2.75, 3.05) is 0 Å². The van der Waals surface area contributed by atoms with Gasteiger partial charge in [0, 0.05) is 0 Å². The molecule has 1 nitrogen and oxygen atoms in total. The molecule has 0 unspecified atom stereocenters. The lowest BCUT2D eigenvalue weighted by Gasteiger charge is -2.31. The molecule has 0 aromatic heterocycles. The topological polar surface area (TPSA) is 20.2 Å². The Morgan fingerprint density at radius 2 is 2.00 bits per heavy atom. The van der Waals surface area contributed by atoms with Crippen LogP contribution in [0.25, 0.3) is 0 Å². The highest BCUT2D eigenvalue weighted by atomic mass is 16.3. The smallest absolute Gasteiger partial charge is 0.0570 e. The lowest BCUT2D eigenvalue weighted by atomic mass is 9.78. The summed E-state index contributed by atoms with van der Waals surface area (Å²) < 4.78 is 0. The van der Waals surface area contributed by atoms with E-state index >= 15 is 0 Å². The Kier molecular flexibility index (Phi) is 3.38. The third kappa shape index (κ3) is 2.19. The van der Waals surface area contributed by atoms with E-state index in [4.69, 9.17) is 0 Å². The number of hydrogen-bond donors (Lipinski definition) is 1. The molecule has 0 spiro atoms. The van der Waals surface area contributed by atoms with Gasteiger partial charge in [0.05, 0.1) is 6.10 Å². The van der Waals surface area contributed by atoms with Crippen molar-refractivity contribution in [2.45, 2.75) is 52.1 Å². The van der Waals surface area contributed by atoms with Crippen LogP contribution in [0.2, 0.25) is 0 Å². The van der Waals surface area contributed by atoms with E-state index in [1.807, 2.05) is 0 Å². The largest absolute Gasteiger partial charge is 0.393 e. The minimum absolute atomic E-state index is 0.00120. The summed E-state index contributed by atoms with van der Waals surface area (Å²) in [6.45, 7) is 4.48. The number of aliphatic hydroxyl groups is 1. The van der Waals surface area contributed by atoms with E-state index in [1.54, 1.807) is 0 Å². The van der Waals surface area contributed by atoms with Gasteiger partial charge in [-0.05, 0) is 24.7 Å². The van der Waals surface area contributed by atoms with Crippen LogP contribution < -0.4 is 0 Å². The van der Waals surface area contributed by atoms with Crippen LogP contribution in [0, 0.1) is 11.8 Å². The van der Waals surface area contributed by atoms with Crippen LogP contribution >= 0.6 is 0 Å². The monoisotopic (exact) mass is 156 g/mol. The molecule has 1 heteroatoms. The Bertz CT molecular complexity index is 107. The highest BCUT2D eigenvalue weighted by Gasteiger charge is 2.26. The molecule has 1 N–H and O–H groups in total. The summed E-state index contributed by atoms with van der Waals surface area (Å²) in [4.78, 5) is 0. The van der Waals surface area contributed by atoms with Gasteiger partial charge in [0.25, 0.3) is 0 Å². The zero-order valence-electron chi connectivity index (χ0n) is 7.71. The molecular formula is C10H20O. The maximum absolute atomic E-state index is 9.67. The van der Waals surface area contributed by atoms with Gasteiger partial charge in [-0.3, -0.25) is 0 Å². The normalized spacial score (nSPS) is 35.2. The van der Waals surface area contributed by atoms with Crippen LogP contribution in [0.3, 0.4) is 0 Å². The van der Waals surface area contributed by atoms with Gasteiger partial charge in [-0.2, -0.15) is 0 Å². The summed E-state index contributed by atoms with van der Waals surface area (Å²) in [6, 6.07) is 0. The molecule has 11 heavy (non-hydrogen) atoms. The minimum atomic E-state index is -0.00120. The summed E-state index contributed by atoms with van der Waals surface area (Å²) in [6.07, 6.45) is 6.05. The minimum Gasteiger partial charge on any atom is -0.393 e. The maximum Gasteiger partial charge on any atom is 0.0570 e. The SMILES string of the molecule is CC[C@H](C)[C@@H]1CCCC[C@@H]1O. The second-order valence-electron chi connectivity index (χ2n) is 3.90. The van der Waals surface area contributed by atoms with E-state index < -0.39 is 0 Å². The Morgan fingerprint density at radius 3 is 2.55 bits per heavy atom. The average Bonchev–Trinajstić information content (AvgIpc) is 2.04. The summed E-state index contributed by atoms with van der Waals surface area (Å²) >= 11 is 0. The molecule has 0 heterocycles. The fourth-order valence-corrected chi connectivity index (χ4v) is 2.11. The van der Waals surface area contributed by atoms with Crippen LogP contribution in [0.4, 0.5) is 0 Å². The summed E-state index contributed by atoms with van der Waals surface area (Å²) in [7, 11) is 0. The fraction of sp³-hybridized carbons (Fsp3) is 1.00. The van der Waals surface area contributed by atoms with Crippen LogP contribution in [0.15, 0.2) is 0 Å². The molecule has 0 aromatic rings. The van der Waals surface area contributed by atoms with E-state index in [0.29, 0.717) is 11.8 Å². The molecule has 3 atom stereocenters. The molecule has 1 saturated carbocycles. The number of aliphatic hydroxyl groups excluding tert-OH is 1. The van der Waals surface area contributed by atoms with Crippen molar-refractivity contribution in [1.29, 1.82) is 0 Å². The van der Waals surface area contributed by atoms with E-state index in [1.165, 1.54) is 25.7 Å². The first-order valence-corrected chi connectivity index (χ1v) is 4.93. The first-order chi connectivity index (χ1) is 5.25. The molecule has 0 aromatic carbocycles. The summed E-state index contributed by atoms with van der Waals surface area (Å²) in [5.41, 5.74) is 0. The lowest BCUT2D eigenvalue weighted by Crippen LogP contribution is -2.29. The molecule has 1 rings (SSSR count). The lowest BCUT2D eigenvalue weighted by molar-refractivity contribution is 0.0402. The molecule has 1 fully saturated rings. The molecule has 0 saturated heterocycles. The standard InChI is InChI=1S/C10H20O/c1-3-8(2)9-6-4-5-7-10(9)11/h8-11H,3-7H2,1-2H3/t8-,9-,10-/m0/s1. The van der Waals surface area contributed by atoms with Crippen molar-refractivity contribution < 1.29 is 5.11 Å². The van der Waals surface area contributed by atoms with Crippen molar-refractivity contribution in [2.24, 2.45) is 11.8 Å². The number of hydrogen-bond acceptors (Lipinski definition) is 1. The average molecular weight is 156 g/mol. The zero-order valence-corrected chi connectivity index (χ0v) is 7.71. The quantitative estimate of drug-likeness (QED) is 0.651. The van der Waals surface area contributed by atoms with Crippen LogP contribution in [-0.4, -0.2) is 11.2 Å². The van der Waals surface area contributed by atoms with Gasteiger partial charge in [0.1, 0.15) is 0 Å². The van der Waals surface area contributed by atoms with Crippen molar-refractivity contribution in [3.63, 3.8) is 0 Å². The van der Waals surface area contributed by atoms with E-state index in [0.717, 1.165) is 6.42 Å². The molecular weight excluding hydrogens is 136 g/mol. The Labute approximate surface area is 69.8 Å². The number of rotatable bonds is 2. The predicted octanol–water partition coefficient (Wildman–Crippen LogP) is 2.58. The highest BCUT2D eigenvalue weighted by molar-refractivity contribution is 4.77. The first-order valence-electron chi connectivity index (χ1n) is 4.93. The predicted molar refractivity (Wildman–Crippen MR) is 47.4 cm³/mol. The molecule has 0 bridgehead atoms. The van der Waals surface area contributed by atoms with E-state index in [-0.39, 0.29) is 6.10 Å². The fourth-order valence-electron chi connectivity index (χ4n) is 2.11. The molecule has 66 valence electrons. The van der Waals surface area contributed by atoms with Crippen LogP contribution in [-0.2, 0) is 0 Å². The third-order valence-electron chi connectivity index (χ3n) is 3.16. The molecule has 1 aliphatic rings. The van der Waals surface area contributed by atoms with Crippen molar-refractivity contribution in [3.05, 3.63) is 0 Å². The molecule has 0 aliphatic heterocycles. The van der Waals surface area contributed by atoms with Gasteiger partial charge in [0.2, 0.25) is 0 Å². The van der Waals surface area contributed by atoms with Gasteiger partial charge in [-0.15, -0.1) is 0 Å². The van der Waals surface area contributed by atoms with E-state index in [9.17, 15) is 5.11 Å². The maximum atomic E-state index is 9.67. The zero-order chi connectivity index (χ0) is 8.27.